The summed E-state index contributed by atoms with van der Waals surface area (Å²) in [4.78, 5) is 37.9. The van der Waals surface area contributed by atoms with E-state index >= 15 is 0 Å². The number of nitrogens with one attached hydrogen (secondary N) is 1. The van der Waals surface area contributed by atoms with Crippen molar-refractivity contribution in [3.63, 3.8) is 0 Å². The van der Waals surface area contributed by atoms with E-state index in [0.717, 1.165) is 16.9 Å². The molecule has 132 valence electrons. The summed E-state index contributed by atoms with van der Waals surface area (Å²) in [7, 11) is 0. The summed E-state index contributed by atoms with van der Waals surface area (Å²) < 4.78 is 14.3. The third kappa shape index (κ3) is 3.95. The van der Waals surface area contributed by atoms with E-state index in [1.165, 1.54) is 24.3 Å². The van der Waals surface area contributed by atoms with Crippen LogP contribution in [-0.2, 0) is 6.54 Å². The molecular weight excluding hydrogens is 365 g/mol. The van der Waals surface area contributed by atoms with Crippen molar-refractivity contribution in [2.24, 2.45) is 0 Å². The van der Waals surface area contributed by atoms with Crippen LogP contribution in [-0.4, -0.2) is 25.6 Å². The predicted octanol–water partition coefficient (Wildman–Crippen LogP) is 2.05. The molecule has 0 aliphatic heterocycles. The highest BCUT2D eigenvalue weighted by atomic mass is 32.1. The van der Waals surface area contributed by atoms with E-state index in [4.69, 9.17) is 0 Å². The normalized spacial score (nSPS) is 10.5. The number of amides is 1. The molecule has 3 rings (SSSR count). The number of hydrogen-bond donors (Lipinski definition) is 1. The Morgan fingerprint density at radius 3 is 2.85 bits per heavy atom. The summed E-state index contributed by atoms with van der Waals surface area (Å²) in [6.45, 7) is -0.0135. The van der Waals surface area contributed by atoms with E-state index in [1.807, 2.05) is 0 Å². The summed E-state index contributed by atoms with van der Waals surface area (Å²) in [6.07, 6.45) is 1.03. The molecule has 0 aliphatic carbocycles. The third-order valence-corrected chi connectivity index (χ3v) is 4.08. The summed E-state index contributed by atoms with van der Waals surface area (Å²) in [5, 5.41) is 16.8. The molecule has 0 saturated heterocycles. The molecule has 0 saturated carbocycles. The molecule has 0 atom stereocenters. The lowest BCUT2D eigenvalue weighted by Crippen LogP contribution is -2.26. The molecule has 0 aliphatic rings. The van der Waals surface area contributed by atoms with Gasteiger partial charge in [0.1, 0.15) is 17.7 Å². The van der Waals surface area contributed by atoms with Crippen LogP contribution in [0.25, 0.3) is 0 Å². The van der Waals surface area contributed by atoms with E-state index in [9.17, 15) is 24.1 Å². The second-order valence-electron chi connectivity index (χ2n) is 5.06. The molecule has 2 heterocycles. The van der Waals surface area contributed by atoms with Gasteiger partial charge in [0.15, 0.2) is 5.13 Å². The Morgan fingerprint density at radius 1 is 1.35 bits per heavy atom. The Hall–Kier alpha value is -3.47. The molecule has 3 aromatic rings. The minimum absolute atomic E-state index is 0.0135. The lowest BCUT2D eigenvalue weighted by Gasteiger charge is -2.07. The second kappa shape index (κ2) is 7.19. The van der Waals surface area contributed by atoms with Crippen molar-refractivity contribution in [1.29, 1.82) is 0 Å². The fraction of sp³-hybridized carbons (Fsp3) is 0.0667. The highest BCUT2D eigenvalue weighted by Crippen LogP contribution is 2.25. The minimum atomic E-state index is -0.678. The van der Waals surface area contributed by atoms with Gasteiger partial charge in [-0.25, -0.2) is 14.1 Å². The standard InChI is InChI=1S/C15H10FN5O4S/c16-10-3-1-2-9(6-10)8-20-12(22)5-4-11(19-20)14(23)18-15-17-7-13(26-15)21(24)25/h1-7H,8H2,(H,17,18,23). The van der Waals surface area contributed by atoms with E-state index in [1.54, 1.807) is 6.07 Å². The first-order valence-electron chi connectivity index (χ1n) is 7.16. The average Bonchev–Trinajstić information content (AvgIpc) is 3.05. The van der Waals surface area contributed by atoms with Crippen LogP contribution in [0.5, 0.6) is 0 Å². The number of nitrogens with zero attached hydrogens (tertiary/aromatic N) is 4. The van der Waals surface area contributed by atoms with Crippen molar-refractivity contribution in [3.8, 4) is 0 Å². The zero-order valence-electron chi connectivity index (χ0n) is 13.0. The number of anilines is 1. The molecule has 0 spiro atoms. The summed E-state index contributed by atoms with van der Waals surface area (Å²) >= 11 is 0.695. The molecule has 11 heteroatoms. The van der Waals surface area contributed by atoms with Crippen LogP contribution in [0.3, 0.4) is 0 Å². The number of rotatable bonds is 5. The molecule has 26 heavy (non-hydrogen) atoms. The van der Waals surface area contributed by atoms with Gasteiger partial charge in [-0.1, -0.05) is 12.1 Å². The molecule has 0 unspecified atom stereocenters. The van der Waals surface area contributed by atoms with Crippen LogP contribution in [0.15, 0.2) is 47.4 Å². The largest absolute Gasteiger partial charge is 0.345 e. The third-order valence-electron chi connectivity index (χ3n) is 3.21. The van der Waals surface area contributed by atoms with Gasteiger partial charge < -0.3 is 0 Å². The van der Waals surface area contributed by atoms with Gasteiger partial charge in [-0.2, -0.15) is 5.10 Å². The minimum Gasteiger partial charge on any atom is -0.296 e. The van der Waals surface area contributed by atoms with Crippen molar-refractivity contribution >= 4 is 27.4 Å². The smallest absolute Gasteiger partial charge is 0.296 e. The summed E-state index contributed by atoms with van der Waals surface area (Å²) in [5.41, 5.74) is -0.0396. The molecule has 1 N–H and O–H groups in total. The van der Waals surface area contributed by atoms with E-state index in [-0.39, 0.29) is 22.4 Å². The SMILES string of the molecule is O=C(Nc1ncc([N+](=O)[O-])s1)c1ccc(=O)n(Cc2cccc(F)c2)n1. The monoisotopic (exact) mass is 375 g/mol. The highest BCUT2D eigenvalue weighted by Gasteiger charge is 2.16. The Labute approximate surface area is 148 Å². The van der Waals surface area contributed by atoms with Gasteiger partial charge in [0, 0.05) is 6.07 Å². The van der Waals surface area contributed by atoms with Gasteiger partial charge in [-0.3, -0.25) is 25.0 Å². The van der Waals surface area contributed by atoms with E-state index in [2.05, 4.69) is 15.4 Å². The number of aromatic nitrogens is 3. The van der Waals surface area contributed by atoms with E-state index in [0.29, 0.717) is 16.9 Å². The molecular formula is C15H10FN5O4S. The Balaban J connectivity index is 1.80. The van der Waals surface area contributed by atoms with Crippen LogP contribution in [0.1, 0.15) is 16.1 Å². The van der Waals surface area contributed by atoms with Gasteiger partial charge >= 0.3 is 5.00 Å². The van der Waals surface area contributed by atoms with Crippen LogP contribution in [0, 0.1) is 15.9 Å². The van der Waals surface area contributed by atoms with Gasteiger partial charge in [0.05, 0.1) is 11.5 Å². The van der Waals surface area contributed by atoms with Crippen LogP contribution in [0.2, 0.25) is 0 Å². The van der Waals surface area contributed by atoms with Gasteiger partial charge in [0.2, 0.25) is 0 Å². The maximum Gasteiger partial charge on any atom is 0.345 e. The van der Waals surface area contributed by atoms with Crippen LogP contribution >= 0.6 is 11.3 Å². The van der Waals surface area contributed by atoms with Crippen LogP contribution in [0.4, 0.5) is 14.5 Å². The highest BCUT2D eigenvalue weighted by molar-refractivity contribution is 7.18. The summed E-state index contributed by atoms with van der Waals surface area (Å²) in [6, 6.07) is 8.04. The Bertz CT molecular complexity index is 1050. The first-order valence-corrected chi connectivity index (χ1v) is 7.98. The molecule has 1 amide bonds. The topological polar surface area (TPSA) is 120 Å². The predicted molar refractivity (Wildman–Crippen MR) is 90.7 cm³/mol. The van der Waals surface area contributed by atoms with Crippen molar-refractivity contribution < 1.29 is 14.1 Å². The molecule has 2 aromatic heterocycles. The van der Waals surface area contributed by atoms with Crippen molar-refractivity contribution in [1.82, 2.24) is 14.8 Å². The Morgan fingerprint density at radius 2 is 2.15 bits per heavy atom. The van der Waals surface area contributed by atoms with E-state index < -0.39 is 22.2 Å². The fourth-order valence-electron chi connectivity index (χ4n) is 2.06. The number of halogens is 1. The fourth-order valence-corrected chi connectivity index (χ4v) is 2.69. The average molecular weight is 375 g/mol. The number of carbonyl (C=O) groups is 1. The van der Waals surface area contributed by atoms with Crippen molar-refractivity contribution in [2.75, 3.05) is 5.32 Å². The van der Waals surface area contributed by atoms with Gasteiger partial charge in [-0.05, 0) is 35.1 Å². The first kappa shape index (κ1) is 17.4. The second-order valence-corrected chi connectivity index (χ2v) is 6.07. The number of nitro groups is 1. The number of hydrogen-bond acceptors (Lipinski definition) is 7. The lowest BCUT2D eigenvalue weighted by molar-refractivity contribution is -0.380. The molecule has 1 aromatic carbocycles. The first-order chi connectivity index (χ1) is 12.4. The van der Waals surface area contributed by atoms with Crippen molar-refractivity contribution in [3.05, 3.63) is 80.1 Å². The summed E-state index contributed by atoms with van der Waals surface area (Å²) in [5.74, 6) is -1.13. The van der Waals surface area contributed by atoms with Gasteiger partial charge in [0.25, 0.3) is 11.5 Å². The zero-order chi connectivity index (χ0) is 18.7. The van der Waals surface area contributed by atoms with Crippen molar-refractivity contribution in [2.45, 2.75) is 6.54 Å². The molecule has 0 fully saturated rings. The maximum atomic E-state index is 13.3. The lowest BCUT2D eigenvalue weighted by atomic mass is 10.2. The zero-order valence-corrected chi connectivity index (χ0v) is 13.8. The molecule has 0 radical (unpaired) electrons. The molecule has 9 nitrogen and oxygen atoms in total. The number of carbonyl (C=O) groups excluding carboxylic acids is 1. The van der Waals surface area contributed by atoms with Crippen LogP contribution < -0.4 is 10.9 Å². The number of thiazole rings is 1. The number of benzene rings is 1. The van der Waals surface area contributed by atoms with Gasteiger partial charge in [-0.15, -0.1) is 0 Å². The maximum absolute atomic E-state index is 13.3. The quantitative estimate of drug-likeness (QED) is 0.538. The molecule has 0 bridgehead atoms. The Kier molecular flexibility index (Phi) is 4.80.